The van der Waals surface area contributed by atoms with Crippen LogP contribution in [-0.2, 0) is 6.42 Å². The fourth-order valence-corrected chi connectivity index (χ4v) is 2.57. The van der Waals surface area contributed by atoms with Gasteiger partial charge in [0.15, 0.2) is 0 Å². The molecule has 4 nitrogen and oxygen atoms in total. The number of anilines is 2. The van der Waals surface area contributed by atoms with E-state index >= 15 is 0 Å². The van der Waals surface area contributed by atoms with E-state index in [1.165, 1.54) is 11.3 Å². The highest BCUT2D eigenvalue weighted by Gasteiger charge is 2.15. The van der Waals surface area contributed by atoms with Crippen LogP contribution in [0.25, 0.3) is 0 Å². The highest BCUT2D eigenvalue weighted by molar-refractivity contribution is 6.04. The molecule has 0 spiro atoms. The van der Waals surface area contributed by atoms with Gasteiger partial charge in [-0.3, -0.25) is 9.78 Å². The minimum Gasteiger partial charge on any atom is -0.374 e. The van der Waals surface area contributed by atoms with Crippen LogP contribution < -0.4 is 10.2 Å². The van der Waals surface area contributed by atoms with Crippen LogP contribution in [0.1, 0.15) is 22.3 Å². The minimum atomic E-state index is -0.0889. The molecule has 0 radical (unpaired) electrons. The van der Waals surface area contributed by atoms with Gasteiger partial charge in [0.1, 0.15) is 0 Å². The van der Waals surface area contributed by atoms with Crippen molar-refractivity contribution in [1.29, 1.82) is 0 Å². The van der Waals surface area contributed by atoms with E-state index in [4.69, 9.17) is 0 Å². The Bertz CT molecular complexity index is 625. The lowest BCUT2D eigenvalue weighted by molar-refractivity contribution is 0.102. The summed E-state index contributed by atoms with van der Waals surface area (Å²) in [5.74, 6) is -0.0889. The summed E-state index contributed by atoms with van der Waals surface area (Å²) in [6.07, 6.45) is 5.50. The summed E-state index contributed by atoms with van der Waals surface area (Å²) in [6, 6.07) is 9.55. The predicted molar refractivity (Wildman–Crippen MR) is 80.2 cm³/mol. The number of aromatic nitrogens is 1. The number of amides is 1. The van der Waals surface area contributed by atoms with Gasteiger partial charge in [-0.15, -0.1) is 0 Å². The van der Waals surface area contributed by atoms with Crippen LogP contribution in [0.5, 0.6) is 0 Å². The maximum atomic E-state index is 12.2. The maximum absolute atomic E-state index is 12.2. The average Bonchev–Trinajstić information content (AvgIpc) is 2.48. The number of hydrogen-bond acceptors (Lipinski definition) is 3. The van der Waals surface area contributed by atoms with Gasteiger partial charge in [0, 0.05) is 31.0 Å². The van der Waals surface area contributed by atoms with E-state index in [1.807, 2.05) is 24.3 Å². The van der Waals surface area contributed by atoms with E-state index in [-0.39, 0.29) is 5.91 Å². The van der Waals surface area contributed by atoms with E-state index in [1.54, 1.807) is 18.5 Å². The molecular formula is C16H17N3O. The number of nitrogens with one attached hydrogen (secondary N) is 1. The third-order valence-corrected chi connectivity index (χ3v) is 3.61. The van der Waals surface area contributed by atoms with E-state index in [0.717, 1.165) is 19.4 Å². The van der Waals surface area contributed by atoms with Crippen molar-refractivity contribution < 1.29 is 4.79 Å². The summed E-state index contributed by atoms with van der Waals surface area (Å²) >= 11 is 0. The van der Waals surface area contributed by atoms with E-state index < -0.39 is 0 Å². The van der Waals surface area contributed by atoms with Crippen LogP contribution in [0, 0.1) is 0 Å². The van der Waals surface area contributed by atoms with Crippen LogP contribution in [0.4, 0.5) is 11.4 Å². The molecule has 0 saturated carbocycles. The zero-order chi connectivity index (χ0) is 13.9. The summed E-state index contributed by atoms with van der Waals surface area (Å²) in [4.78, 5) is 18.5. The van der Waals surface area contributed by atoms with Crippen molar-refractivity contribution in [2.75, 3.05) is 23.8 Å². The number of fused-ring (bicyclic) bond motifs is 1. The second-order valence-electron chi connectivity index (χ2n) is 5.06. The third kappa shape index (κ3) is 2.50. The molecule has 2 aromatic rings. The summed E-state index contributed by atoms with van der Waals surface area (Å²) in [7, 11) is 2.09. The monoisotopic (exact) mass is 267 g/mol. The number of rotatable bonds is 2. The number of benzene rings is 1. The lowest BCUT2D eigenvalue weighted by Crippen LogP contribution is -2.25. The van der Waals surface area contributed by atoms with Gasteiger partial charge in [-0.05, 0) is 48.7 Å². The summed E-state index contributed by atoms with van der Waals surface area (Å²) in [5.41, 5.74) is 3.89. The smallest absolute Gasteiger partial charge is 0.255 e. The standard InChI is InChI=1S/C16H17N3O/c1-19-9-3-4-12-10-13(6-7-15(12)19)16(20)18-14-5-2-8-17-11-14/h2,5-8,10-11H,3-4,9H2,1H3,(H,18,20). The van der Waals surface area contributed by atoms with Gasteiger partial charge < -0.3 is 10.2 Å². The van der Waals surface area contributed by atoms with Gasteiger partial charge in [0.05, 0.1) is 11.9 Å². The van der Waals surface area contributed by atoms with Crippen LogP contribution >= 0.6 is 0 Å². The van der Waals surface area contributed by atoms with Crippen LogP contribution in [-0.4, -0.2) is 24.5 Å². The van der Waals surface area contributed by atoms with Gasteiger partial charge in [-0.2, -0.15) is 0 Å². The lowest BCUT2D eigenvalue weighted by Gasteiger charge is -2.27. The quantitative estimate of drug-likeness (QED) is 0.910. The number of carbonyl (C=O) groups excluding carboxylic acids is 1. The average molecular weight is 267 g/mol. The Labute approximate surface area is 118 Å². The summed E-state index contributed by atoms with van der Waals surface area (Å²) in [6.45, 7) is 1.08. The van der Waals surface area contributed by atoms with E-state index in [9.17, 15) is 4.79 Å². The first-order valence-electron chi connectivity index (χ1n) is 6.79. The van der Waals surface area contributed by atoms with Crippen LogP contribution in [0.3, 0.4) is 0 Å². The van der Waals surface area contributed by atoms with Gasteiger partial charge in [-0.1, -0.05) is 0 Å². The van der Waals surface area contributed by atoms with Crippen molar-refractivity contribution in [1.82, 2.24) is 4.98 Å². The number of hydrogen-bond donors (Lipinski definition) is 1. The molecule has 0 aliphatic carbocycles. The highest BCUT2D eigenvalue weighted by Crippen LogP contribution is 2.27. The second-order valence-corrected chi connectivity index (χ2v) is 5.06. The Morgan fingerprint density at radius 2 is 2.25 bits per heavy atom. The Kier molecular flexibility index (Phi) is 3.37. The van der Waals surface area contributed by atoms with Gasteiger partial charge in [0.25, 0.3) is 5.91 Å². The molecule has 1 amide bonds. The zero-order valence-corrected chi connectivity index (χ0v) is 11.5. The van der Waals surface area contributed by atoms with Crippen molar-refractivity contribution in [2.45, 2.75) is 12.8 Å². The molecule has 0 bridgehead atoms. The van der Waals surface area contributed by atoms with Gasteiger partial charge in [0.2, 0.25) is 0 Å². The topological polar surface area (TPSA) is 45.2 Å². The molecule has 1 aromatic heterocycles. The molecule has 2 heterocycles. The molecule has 102 valence electrons. The molecule has 0 saturated heterocycles. The molecule has 1 aromatic carbocycles. The third-order valence-electron chi connectivity index (χ3n) is 3.61. The van der Waals surface area contributed by atoms with E-state index in [0.29, 0.717) is 11.3 Å². The van der Waals surface area contributed by atoms with Crippen molar-refractivity contribution in [2.24, 2.45) is 0 Å². The molecule has 1 aliphatic heterocycles. The van der Waals surface area contributed by atoms with Crippen molar-refractivity contribution in [3.8, 4) is 0 Å². The normalized spacial score (nSPS) is 13.8. The number of aryl methyl sites for hydroxylation is 1. The molecule has 3 rings (SSSR count). The zero-order valence-electron chi connectivity index (χ0n) is 11.5. The molecule has 1 aliphatic rings. The van der Waals surface area contributed by atoms with Crippen molar-refractivity contribution in [3.05, 3.63) is 53.9 Å². The Hall–Kier alpha value is -2.36. The van der Waals surface area contributed by atoms with Crippen LogP contribution in [0.2, 0.25) is 0 Å². The summed E-state index contributed by atoms with van der Waals surface area (Å²) < 4.78 is 0. The Morgan fingerprint density at radius 1 is 1.35 bits per heavy atom. The number of carbonyl (C=O) groups is 1. The molecule has 1 N–H and O–H groups in total. The lowest BCUT2D eigenvalue weighted by atomic mass is 9.99. The Morgan fingerprint density at radius 3 is 3.05 bits per heavy atom. The molecular weight excluding hydrogens is 250 g/mol. The largest absolute Gasteiger partial charge is 0.374 e. The fraction of sp³-hybridized carbons (Fsp3) is 0.250. The first-order chi connectivity index (χ1) is 9.74. The van der Waals surface area contributed by atoms with Gasteiger partial charge in [-0.25, -0.2) is 0 Å². The molecule has 4 heteroatoms. The molecule has 0 fully saturated rings. The Balaban J connectivity index is 1.82. The maximum Gasteiger partial charge on any atom is 0.255 e. The van der Waals surface area contributed by atoms with Crippen molar-refractivity contribution in [3.63, 3.8) is 0 Å². The number of pyridine rings is 1. The van der Waals surface area contributed by atoms with Crippen molar-refractivity contribution >= 4 is 17.3 Å². The number of nitrogens with zero attached hydrogens (tertiary/aromatic N) is 2. The van der Waals surface area contributed by atoms with Crippen LogP contribution in [0.15, 0.2) is 42.7 Å². The predicted octanol–water partition coefficient (Wildman–Crippen LogP) is 2.72. The first-order valence-corrected chi connectivity index (χ1v) is 6.79. The highest BCUT2D eigenvalue weighted by atomic mass is 16.1. The molecule has 0 unspecified atom stereocenters. The molecule has 0 atom stereocenters. The second kappa shape index (κ2) is 5.33. The molecule has 20 heavy (non-hydrogen) atoms. The fourth-order valence-electron chi connectivity index (χ4n) is 2.57. The SMILES string of the molecule is CN1CCCc2cc(C(=O)Nc3cccnc3)ccc21. The van der Waals surface area contributed by atoms with E-state index in [2.05, 4.69) is 22.2 Å². The van der Waals surface area contributed by atoms with Gasteiger partial charge >= 0.3 is 0 Å². The first kappa shape index (κ1) is 12.7. The minimum absolute atomic E-state index is 0.0889. The summed E-state index contributed by atoms with van der Waals surface area (Å²) in [5, 5.41) is 2.86.